The summed E-state index contributed by atoms with van der Waals surface area (Å²) < 4.78 is 5.11. The Hall–Kier alpha value is -2.74. The number of oxime groups is 1. The summed E-state index contributed by atoms with van der Waals surface area (Å²) in [6.45, 7) is 2.28. The zero-order chi connectivity index (χ0) is 16.5. The van der Waals surface area contributed by atoms with Crippen molar-refractivity contribution in [3.8, 4) is 5.75 Å². The molecule has 1 aliphatic heterocycles. The van der Waals surface area contributed by atoms with Gasteiger partial charge in [-0.1, -0.05) is 17.3 Å². The molecular weight excluding hydrogens is 292 g/mol. The van der Waals surface area contributed by atoms with Crippen molar-refractivity contribution >= 4 is 23.4 Å². The van der Waals surface area contributed by atoms with E-state index in [1.165, 1.54) is 26.2 Å². The van der Waals surface area contributed by atoms with E-state index in [2.05, 4.69) is 9.99 Å². The van der Waals surface area contributed by atoms with Crippen molar-refractivity contribution in [2.24, 2.45) is 5.16 Å². The summed E-state index contributed by atoms with van der Waals surface area (Å²) in [4.78, 5) is 41.4. The number of ether oxygens (including phenoxy) is 1. The maximum atomic E-state index is 12.8. The highest BCUT2D eigenvalue weighted by molar-refractivity contribution is 6.35. The average Bonchev–Trinajstić information content (AvgIpc) is 2.47. The molecule has 0 spiro atoms. The lowest BCUT2D eigenvalue weighted by atomic mass is 9.82. The fourth-order valence-electron chi connectivity index (χ4n) is 2.29. The number of benzene rings is 1. The van der Waals surface area contributed by atoms with Gasteiger partial charge in [-0.25, -0.2) is 4.79 Å². The Kier molecular flexibility index (Phi) is 3.96. The van der Waals surface area contributed by atoms with Gasteiger partial charge in [-0.2, -0.15) is 5.06 Å². The Morgan fingerprint density at radius 3 is 2.55 bits per heavy atom. The van der Waals surface area contributed by atoms with E-state index in [1.54, 1.807) is 12.1 Å². The molecule has 0 aromatic heterocycles. The fourth-order valence-corrected chi connectivity index (χ4v) is 2.29. The van der Waals surface area contributed by atoms with Gasteiger partial charge in [0.2, 0.25) is 11.7 Å². The highest BCUT2D eigenvalue weighted by Gasteiger charge is 2.60. The summed E-state index contributed by atoms with van der Waals surface area (Å²) in [5, 5.41) is 13.6. The van der Waals surface area contributed by atoms with E-state index in [-0.39, 0.29) is 22.1 Å². The van der Waals surface area contributed by atoms with Gasteiger partial charge in [0.05, 0.1) is 5.56 Å². The van der Waals surface area contributed by atoms with Crippen LogP contribution in [0.3, 0.4) is 0 Å². The molecule has 8 heteroatoms. The normalized spacial score (nSPS) is 21.0. The van der Waals surface area contributed by atoms with Gasteiger partial charge in [0.1, 0.15) is 18.6 Å². The van der Waals surface area contributed by atoms with E-state index in [9.17, 15) is 19.6 Å². The van der Waals surface area contributed by atoms with Crippen LogP contribution in [0.4, 0.5) is 0 Å². The number of hydrogen-bond donors (Lipinski definition) is 1. The van der Waals surface area contributed by atoms with Crippen LogP contribution in [0.2, 0.25) is 0 Å². The zero-order valence-corrected chi connectivity index (χ0v) is 12.2. The van der Waals surface area contributed by atoms with Crippen molar-refractivity contribution in [3.63, 3.8) is 0 Å². The van der Waals surface area contributed by atoms with Gasteiger partial charge in [-0.15, -0.1) is 0 Å². The van der Waals surface area contributed by atoms with Gasteiger partial charge in [0, 0.05) is 6.92 Å². The highest BCUT2D eigenvalue weighted by atomic mass is 16.6. The topological polar surface area (TPSA) is 106 Å². The molecule has 116 valence electrons. The minimum Gasteiger partial charge on any atom is -0.423 e. The van der Waals surface area contributed by atoms with Crippen LogP contribution in [0.15, 0.2) is 29.4 Å². The quantitative estimate of drug-likeness (QED) is 0.221. The van der Waals surface area contributed by atoms with Gasteiger partial charge in [-0.05, 0) is 19.1 Å². The summed E-state index contributed by atoms with van der Waals surface area (Å²) in [5.74, 6) is -2.83. The van der Waals surface area contributed by atoms with Gasteiger partial charge in [0.25, 0.3) is 5.54 Å². The predicted octanol–water partition coefficient (Wildman–Crippen LogP) is 0.787. The molecule has 1 amide bonds. The van der Waals surface area contributed by atoms with Crippen LogP contribution >= 0.6 is 0 Å². The number of para-hydroxylation sites is 1. The number of Topliss-reactive ketones (excluding diaryl/α,β-unsaturated/α-hetero) is 1. The van der Waals surface area contributed by atoms with Crippen molar-refractivity contribution < 1.29 is 29.2 Å². The second-order valence-electron chi connectivity index (χ2n) is 4.62. The predicted molar refractivity (Wildman–Crippen MR) is 73.6 cm³/mol. The number of carbonyl (C=O) groups is 3. The molecule has 0 bridgehead atoms. The SMILES string of the molecule is CON=C(C)C1(N(O)C(C)=O)C(=O)Oc2ccccc2C1=O. The first kappa shape index (κ1) is 15.6. The minimum absolute atomic E-state index is 0.0193. The second-order valence-corrected chi connectivity index (χ2v) is 4.62. The van der Waals surface area contributed by atoms with Crippen LogP contribution < -0.4 is 4.74 Å². The van der Waals surface area contributed by atoms with Gasteiger partial charge in [-0.3, -0.25) is 14.8 Å². The molecule has 0 fully saturated rings. The molecule has 1 unspecified atom stereocenters. The summed E-state index contributed by atoms with van der Waals surface area (Å²) in [6.07, 6.45) is 0. The first-order valence-electron chi connectivity index (χ1n) is 6.31. The smallest absolute Gasteiger partial charge is 0.354 e. The Labute approximate surface area is 125 Å². The van der Waals surface area contributed by atoms with Crippen molar-refractivity contribution in [1.29, 1.82) is 0 Å². The van der Waals surface area contributed by atoms with Crippen LogP contribution in [-0.2, 0) is 14.4 Å². The van der Waals surface area contributed by atoms with Gasteiger partial charge < -0.3 is 9.57 Å². The lowest BCUT2D eigenvalue weighted by molar-refractivity contribution is -0.186. The zero-order valence-electron chi connectivity index (χ0n) is 12.2. The molecular formula is C14H14N2O6. The molecule has 1 N–H and O–H groups in total. The Bertz CT molecular complexity index is 684. The van der Waals surface area contributed by atoms with E-state index < -0.39 is 23.2 Å². The Morgan fingerprint density at radius 2 is 1.95 bits per heavy atom. The Balaban J connectivity index is 2.74. The average molecular weight is 306 g/mol. The number of nitrogens with zero attached hydrogens (tertiary/aromatic N) is 2. The number of ketones is 1. The molecule has 1 aromatic carbocycles. The van der Waals surface area contributed by atoms with Gasteiger partial charge >= 0.3 is 5.97 Å². The monoisotopic (exact) mass is 306 g/mol. The number of carbonyl (C=O) groups excluding carboxylic acids is 3. The standard InChI is InChI=1S/C14H14N2O6/c1-8(15-21-3)14(16(20)9(2)17)12(18)10-6-4-5-7-11(10)22-13(14)19/h4-7,20H,1-3H3. The lowest BCUT2D eigenvalue weighted by Crippen LogP contribution is -2.67. The minimum atomic E-state index is -2.41. The van der Waals surface area contributed by atoms with Crippen molar-refractivity contribution in [1.82, 2.24) is 5.06 Å². The third-order valence-electron chi connectivity index (χ3n) is 3.33. The molecule has 0 aliphatic carbocycles. The first-order chi connectivity index (χ1) is 10.4. The third-order valence-corrected chi connectivity index (χ3v) is 3.33. The summed E-state index contributed by atoms with van der Waals surface area (Å²) in [7, 11) is 1.21. The van der Waals surface area contributed by atoms with Crippen molar-refractivity contribution in [3.05, 3.63) is 29.8 Å². The first-order valence-corrected chi connectivity index (χ1v) is 6.31. The number of fused-ring (bicyclic) bond motifs is 1. The third kappa shape index (κ3) is 2.04. The number of hydrogen-bond acceptors (Lipinski definition) is 7. The number of esters is 1. The number of rotatable bonds is 3. The Morgan fingerprint density at radius 1 is 1.32 bits per heavy atom. The van der Waals surface area contributed by atoms with E-state index in [0.29, 0.717) is 0 Å². The molecule has 0 radical (unpaired) electrons. The molecule has 0 saturated heterocycles. The summed E-state index contributed by atoms with van der Waals surface area (Å²) >= 11 is 0. The molecule has 1 aliphatic rings. The summed E-state index contributed by atoms with van der Waals surface area (Å²) in [6, 6.07) is 6.02. The van der Waals surface area contributed by atoms with E-state index >= 15 is 0 Å². The molecule has 8 nitrogen and oxygen atoms in total. The van der Waals surface area contributed by atoms with E-state index in [1.807, 2.05) is 0 Å². The van der Waals surface area contributed by atoms with Crippen LogP contribution in [-0.4, -0.2) is 46.3 Å². The molecule has 2 rings (SSSR count). The van der Waals surface area contributed by atoms with Crippen molar-refractivity contribution in [2.45, 2.75) is 19.4 Å². The fraction of sp³-hybridized carbons (Fsp3) is 0.286. The molecule has 1 aromatic rings. The molecule has 22 heavy (non-hydrogen) atoms. The molecule has 1 heterocycles. The maximum absolute atomic E-state index is 12.8. The van der Waals surface area contributed by atoms with Crippen molar-refractivity contribution in [2.75, 3.05) is 7.11 Å². The maximum Gasteiger partial charge on any atom is 0.354 e. The van der Waals surface area contributed by atoms with Gasteiger partial charge in [0.15, 0.2) is 0 Å². The van der Waals surface area contributed by atoms with Crippen LogP contribution in [0, 0.1) is 0 Å². The molecule has 1 atom stereocenters. The number of hydroxylamine groups is 2. The van der Waals surface area contributed by atoms with Crippen LogP contribution in [0.25, 0.3) is 0 Å². The van der Waals surface area contributed by atoms with E-state index in [0.717, 1.165) is 6.92 Å². The molecule has 0 saturated carbocycles. The second kappa shape index (κ2) is 5.57. The highest BCUT2D eigenvalue weighted by Crippen LogP contribution is 2.34. The number of amides is 1. The summed E-state index contributed by atoms with van der Waals surface area (Å²) in [5.41, 5.74) is -2.58. The lowest BCUT2D eigenvalue weighted by Gasteiger charge is -2.37. The largest absolute Gasteiger partial charge is 0.423 e. The van der Waals surface area contributed by atoms with Crippen LogP contribution in [0.1, 0.15) is 24.2 Å². The van der Waals surface area contributed by atoms with Crippen LogP contribution in [0.5, 0.6) is 5.75 Å². The van der Waals surface area contributed by atoms with E-state index in [4.69, 9.17) is 4.74 Å².